The maximum Gasteiger partial charge on any atom is 0.287 e. The molecular weight excluding hydrogens is 367 g/mol. The normalized spacial score (nSPS) is 13.5. The molecule has 3 aromatic rings. The Balaban J connectivity index is 1.48. The predicted molar refractivity (Wildman–Crippen MR) is 99.4 cm³/mol. The zero-order valence-electron chi connectivity index (χ0n) is 14.7. The first-order chi connectivity index (χ1) is 13.0. The van der Waals surface area contributed by atoms with Crippen molar-refractivity contribution in [3.63, 3.8) is 0 Å². The van der Waals surface area contributed by atoms with Crippen molar-refractivity contribution in [3.05, 3.63) is 63.1 Å². The number of thiazole rings is 1. The van der Waals surface area contributed by atoms with Crippen molar-refractivity contribution in [3.8, 4) is 11.3 Å². The Morgan fingerprint density at radius 2 is 2.15 bits per heavy atom. The molecule has 0 atom stereocenters. The Morgan fingerprint density at radius 3 is 2.93 bits per heavy atom. The molecule has 138 valence electrons. The molecule has 2 heterocycles. The number of rotatable bonds is 4. The molecule has 0 aliphatic heterocycles. The van der Waals surface area contributed by atoms with Crippen LogP contribution in [0.3, 0.4) is 0 Å². The molecule has 1 aliphatic carbocycles. The molecule has 0 unspecified atom stereocenters. The summed E-state index contributed by atoms with van der Waals surface area (Å²) in [4.78, 5) is 28.9. The Hall–Kier alpha value is -2.80. The summed E-state index contributed by atoms with van der Waals surface area (Å²) in [6.45, 7) is 1.94. The first kappa shape index (κ1) is 17.6. The number of halogens is 1. The van der Waals surface area contributed by atoms with E-state index in [9.17, 15) is 14.0 Å². The first-order valence-electron chi connectivity index (χ1n) is 8.67. The third-order valence-electron chi connectivity index (χ3n) is 4.61. The summed E-state index contributed by atoms with van der Waals surface area (Å²) in [5.41, 5.74) is 2.12. The van der Waals surface area contributed by atoms with Crippen molar-refractivity contribution in [2.75, 3.05) is 0 Å². The van der Waals surface area contributed by atoms with Gasteiger partial charge in [0.2, 0.25) is 0 Å². The number of carbonyl (C=O) groups is 2. The monoisotopic (exact) mass is 384 g/mol. The van der Waals surface area contributed by atoms with Gasteiger partial charge >= 0.3 is 0 Å². The van der Waals surface area contributed by atoms with Gasteiger partial charge in [-0.25, -0.2) is 9.37 Å². The van der Waals surface area contributed by atoms with E-state index in [2.05, 4.69) is 10.3 Å². The van der Waals surface area contributed by atoms with Crippen LogP contribution < -0.4 is 5.32 Å². The Labute approximate surface area is 159 Å². The third-order valence-corrected chi connectivity index (χ3v) is 5.46. The minimum Gasteiger partial charge on any atom is -0.455 e. The van der Waals surface area contributed by atoms with E-state index in [-0.39, 0.29) is 29.8 Å². The molecular formula is C20H17FN2O3S. The summed E-state index contributed by atoms with van der Waals surface area (Å²) in [6.07, 6.45) is 1.91. The minimum atomic E-state index is -0.377. The number of nitrogens with one attached hydrogen (secondary N) is 1. The zero-order chi connectivity index (χ0) is 19.0. The average Bonchev–Trinajstić information content (AvgIpc) is 3.26. The van der Waals surface area contributed by atoms with Gasteiger partial charge in [-0.05, 0) is 25.5 Å². The van der Waals surface area contributed by atoms with Gasteiger partial charge in [-0.2, -0.15) is 0 Å². The van der Waals surface area contributed by atoms with Crippen molar-refractivity contribution in [2.24, 2.45) is 0 Å². The number of nitrogens with zero attached hydrogens (tertiary/aromatic N) is 1. The smallest absolute Gasteiger partial charge is 0.287 e. The van der Waals surface area contributed by atoms with Gasteiger partial charge in [-0.15, -0.1) is 11.3 Å². The lowest BCUT2D eigenvalue weighted by molar-refractivity contribution is 0.0917. The molecule has 5 nitrogen and oxygen atoms in total. The lowest BCUT2D eigenvalue weighted by atomic mass is 9.94. The van der Waals surface area contributed by atoms with E-state index in [0.29, 0.717) is 46.0 Å². The number of hydrogen-bond donors (Lipinski definition) is 1. The first-order valence-corrected chi connectivity index (χ1v) is 9.55. The molecule has 0 bridgehead atoms. The van der Waals surface area contributed by atoms with Crippen LogP contribution in [0.15, 0.2) is 34.1 Å². The SMILES string of the molecule is Cc1c(C(=O)NCc2nc(-c3ccccc3F)cs2)oc2c1C(=O)CCC2. The summed E-state index contributed by atoms with van der Waals surface area (Å²) >= 11 is 1.34. The highest BCUT2D eigenvalue weighted by Crippen LogP contribution is 2.29. The number of carbonyl (C=O) groups excluding carboxylic acids is 2. The zero-order valence-corrected chi connectivity index (χ0v) is 15.5. The van der Waals surface area contributed by atoms with E-state index in [1.54, 1.807) is 30.5 Å². The fourth-order valence-corrected chi connectivity index (χ4v) is 4.02. The van der Waals surface area contributed by atoms with Crippen LogP contribution in [-0.4, -0.2) is 16.7 Å². The Kier molecular flexibility index (Phi) is 4.61. The largest absolute Gasteiger partial charge is 0.455 e. The summed E-state index contributed by atoms with van der Waals surface area (Å²) in [6, 6.07) is 6.43. The van der Waals surface area contributed by atoms with Crippen LogP contribution in [0.1, 0.15) is 50.1 Å². The maximum atomic E-state index is 13.9. The molecule has 1 aromatic carbocycles. The molecule has 0 saturated heterocycles. The number of benzene rings is 1. The van der Waals surface area contributed by atoms with Gasteiger partial charge < -0.3 is 9.73 Å². The van der Waals surface area contributed by atoms with E-state index in [1.807, 2.05) is 0 Å². The highest BCUT2D eigenvalue weighted by atomic mass is 32.1. The second kappa shape index (κ2) is 7.08. The number of furan rings is 1. The summed E-state index contributed by atoms with van der Waals surface area (Å²) in [7, 11) is 0. The molecule has 0 saturated carbocycles. The Morgan fingerprint density at radius 1 is 1.33 bits per heavy atom. The van der Waals surface area contributed by atoms with Gasteiger partial charge in [0.15, 0.2) is 11.5 Å². The molecule has 0 fully saturated rings. The summed E-state index contributed by atoms with van der Waals surface area (Å²) < 4.78 is 19.5. The highest BCUT2D eigenvalue weighted by molar-refractivity contribution is 7.09. The number of aromatic nitrogens is 1. The Bertz CT molecular complexity index is 1040. The van der Waals surface area contributed by atoms with Crippen molar-refractivity contribution in [1.29, 1.82) is 0 Å². The van der Waals surface area contributed by atoms with Gasteiger partial charge in [0.1, 0.15) is 16.6 Å². The van der Waals surface area contributed by atoms with Gasteiger partial charge in [0.05, 0.1) is 17.8 Å². The molecule has 1 amide bonds. The van der Waals surface area contributed by atoms with Crippen molar-refractivity contribution >= 4 is 23.0 Å². The lowest BCUT2D eigenvalue weighted by Gasteiger charge is -2.07. The standard InChI is InChI=1S/C20H17FN2O3S/c1-11-18-15(24)7-4-8-16(18)26-19(11)20(25)22-9-17-23-14(10-27-17)12-5-2-3-6-13(12)21/h2-3,5-6,10H,4,7-9H2,1H3,(H,22,25). The second-order valence-electron chi connectivity index (χ2n) is 6.42. The summed E-state index contributed by atoms with van der Waals surface area (Å²) in [5.74, 6) is 0.106. The topological polar surface area (TPSA) is 72.2 Å². The minimum absolute atomic E-state index is 0.0333. The van der Waals surface area contributed by atoms with Crippen LogP contribution in [-0.2, 0) is 13.0 Å². The molecule has 2 aromatic heterocycles. The molecule has 7 heteroatoms. The predicted octanol–water partition coefficient (Wildman–Crippen LogP) is 4.30. The van der Waals surface area contributed by atoms with Gasteiger partial charge in [-0.3, -0.25) is 9.59 Å². The summed E-state index contributed by atoms with van der Waals surface area (Å²) in [5, 5.41) is 5.19. The average molecular weight is 384 g/mol. The number of hydrogen-bond acceptors (Lipinski definition) is 5. The van der Waals surface area contributed by atoms with Crippen molar-refractivity contribution in [1.82, 2.24) is 10.3 Å². The van der Waals surface area contributed by atoms with E-state index >= 15 is 0 Å². The van der Waals surface area contributed by atoms with Crippen molar-refractivity contribution < 1.29 is 18.4 Å². The molecule has 27 heavy (non-hydrogen) atoms. The van der Waals surface area contributed by atoms with Crippen molar-refractivity contribution in [2.45, 2.75) is 32.7 Å². The number of fused-ring (bicyclic) bond motifs is 1. The third kappa shape index (κ3) is 3.30. The molecule has 0 spiro atoms. The van der Waals surface area contributed by atoms with E-state index in [0.717, 1.165) is 6.42 Å². The van der Waals surface area contributed by atoms with Crippen LogP contribution >= 0.6 is 11.3 Å². The fourth-order valence-electron chi connectivity index (χ4n) is 3.29. The van der Waals surface area contributed by atoms with Gasteiger partial charge in [-0.1, -0.05) is 12.1 Å². The van der Waals surface area contributed by atoms with Crippen LogP contribution in [0, 0.1) is 12.7 Å². The van der Waals surface area contributed by atoms with Crippen LogP contribution in [0.25, 0.3) is 11.3 Å². The highest BCUT2D eigenvalue weighted by Gasteiger charge is 2.28. The fraction of sp³-hybridized carbons (Fsp3) is 0.250. The molecule has 1 aliphatic rings. The molecule has 1 N–H and O–H groups in total. The molecule has 0 radical (unpaired) electrons. The van der Waals surface area contributed by atoms with E-state index < -0.39 is 0 Å². The number of Topliss-reactive ketones (excluding diaryl/α,β-unsaturated/α-hetero) is 1. The van der Waals surface area contributed by atoms with Crippen LogP contribution in [0.2, 0.25) is 0 Å². The maximum absolute atomic E-state index is 13.9. The number of amides is 1. The molecule has 4 rings (SSSR count). The second-order valence-corrected chi connectivity index (χ2v) is 7.36. The van der Waals surface area contributed by atoms with Gasteiger partial charge in [0, 0.05) is 29.3 Å². The van der Waals surface area contributed by atoms with Gasteiger partial charge in [0.25, 0.3) is 5.91 Å². The van der Waals surface area contributed by atoms with E-state index in [1.165, 1.54) is 17.4 Å². The lowest BCUT2D eigenvalue weighted by Crippen LogP contribution is -2.23. The van der Waals surface area contributed by atoms with E-state index in [4.69, 9.17) is 4.42 Å². The quantitative estimate of drug-likeness (QED) is 0.728. The number of aryl methyl sites for hydroxylation is 1. The van der Waals surface area contributed by atoms with Crippen LogP contribution in [0.4, 0.5) is 4.39 Å². The number of ketones is 1. The van der Waals surface area contributed by atoms with Crippen LogP contribution in [0.5, 0.6) is 0 Å².